The zero-order chi connectivity index (χ0) is 11.4. The highest BCUT2D eigenvalue weighted by atomic mass is 16.5. The Bertz CT molecular complexity index is 219. The van der Waals surface area contributed by atoms with E-state index in [1.165, 1.54) is 0 Å². The molecule has 2 atom stereocenters. The molecule has 0 radical (unpaired) electrons. The monoisotopic (exact) mass is 214 g/mol. The van der Waals surface area contributed by atoms with Gasteiger partial charge in [0.2, 0.25) is 5.91 Å². The van der Waals surface area contributed by atoms with Crippen molar-refractivity contribution >= 4 is 5.91 Å². The van der Waals surface area contributed by atoms with Crippen LogP contribution in [-0.4, -0.2) is 48.7 Å². The number of nitrogens with one attached hydrogen (secondary N) is 1. The summed E-state index contributed by atoms with van der Waals surface area (Å²) in [6.45, 7) is 9.89. The Balaban J connectivity index is 2.42. The quantitative estimate of drug-likeness (QED) is 0.749. The van der Waals surface area contributed by atoms with Crippen molar-refractivity contribution in [3.63, 3.8) is 0 Å². The first-order valence-corrected chi connectivity index (χ1v) is 5.65. The van der Waals surface area contributed by atoms with Crippen molar-refractivity contribution in [1.82, 2.24) is 10.2 Å². The zero-order valence-corrected chi connectivity index (χ0v) is 10.1. The Kier molecular flexibility index (Phi) is 4.54. The lowest BCUT2D eigenvalue weighted by molar-refractivity contribution is -0.142. The molecule has 4 nitrogen and oxygen atoms in total. The van der Waals surface area contributed by atoms with Crippen molar-refractivity contribution in [1.29, 1.82) is 0 Å². The van der Waals surface area contributed by atoms with E-state index in [2.05, 4.69) is 5.32 Å². The van der Waals surface area contributed by atoms with E-state index in [4.69, 9.17) is 4.74 Å². The third-order valence-corrected chi connectivity index (χ3v) is 2.59. The molecule has 4 heteroatoms. The number of rotatable bonds is 3. The Hall–Kier alpha value is -0.610. The second kappa shape index (κ2) is 5.47. The Morgan fingerprint density at radius 3 is 2.80 bits per heavy atom. The molecule has 1 rings (SSSR count). The highest BCUT2D eigenvalue weighted by molar-refractivity contribution is 5.78. The maximum Gasteiger partial charge on any atom is 0.236 e. The van der Waals surface area contributed by atoms with Gasteiger partial charge in [0.1, 0.15) is 0 Å². The standard InChI is InChI=1S/C11H22N2O2/c1-8(2)12-5-11(14)13-6-10(4)15-7-9(13)3/h8-10,12H,5-7H2,1-4H3. The van der Waals surface area contributed by atoms with Gasteiger partial charge < -0.3 is 15.0 Å². The number of nitrogens with zero attached hydrogens (tertiary/aromatic N) is 1. The van der Waals surface area contributed by atoms with Gasteiger partial charge in [-0.15, -0.1) is 0 Å². The highest BCUT2D eigenvalue weighted by Gasteiger charge is 2.26. The van der Waals surface area contributed by atoms with Crippen LogP contribution in [0.1, 0.15) is 27.7 Å². The SMILES string of the molecule is CC(C)NCC(=O)N1CC(C)OCC1C. The minimum Gasteiger partial charge on any atom is -0.375 e. The molecule has 1 amide bonds. The van der Waals surface area contributed by atoms with Crippen LogP contribution in [0.15, 0.2) is 0 Å². The Morgan fingerprint density at radius 1 is 1.53 bits per heavy atom. The molecule has 1 fully saturated rings. The summed E-state index contributed by atoms with van der Waals surface area (Å²) in [4.78, 5) is 13.8. The van der Waals surface area contributed by atoms with Crippen LogP contribution in [0, 0.1) is 0 Å². The van der Waals surface area contributed by atoms with E-state index in [1.54, 1.807) is 0 Å². The summed E-state index contributed by atoms with van der Waals surface area (Å²) in [5.74, 6) is 0.173. The number of amides is 1. The van der Waals surface area contributed by atoms with Crippen molar-refractivity contribution in [2.75, 3.05) is 19.7 Å². The fourth-order valence-corrected chi connectivity index (χ4v) is 1.64. The third kappa shape index (κ3) is 3.80. The summed E-state index contributed by atoms with van der Waals surface area (Å²) >= 11 is 0. The van der Waals surface area contributed by atoms with Gasteiger partial charge in [-0.2, -0.15) is 0 Å². The molecule has 0 aliphatic carbocycles. The van der Waals surface area contributed by atoms with Crippen LogP contribution >= 0.6 is 0 Å². The fraction of sp³-hybridized carbons (Fsp3) is 0.909. The van der Waals surface area contributed by atoms with E-state index < -0.39 is 0 Å². The van der Waals surface area contributed by atoms with E-state index in [1.807, 2.05) is 32.6 Å². The van der Waals surface area contributed by atoms with Crippen LogP contribution in [0.5, 0.6) is 0 Å². The Morgan fingerprint density at radius 2 is 2.20 bits per heavy atom. The highest BCUT2D eigenvalue weighted by Crippen LogP contribution is 2.11. The largest absolute Gasteiger partial charge is 0.375 e. The van der Waals surface area contributed by atoms with Gasteiger partial charge in [-0.25, -0.2) is 0 Å². The van der Waals surface area contributed by atoms with Gasteiger partial charge >= 0.3 is 0 Å². The van der Waals surface area contributed by atoms with E-state index in [-0.39, 0.29) is 18.1 Å². The average molecular weight is 214 g/mol. The van der Waals surface area contributed by atoms with Crippen molar-refractivity contribution < 1.29 is 9.53 Å². The molecule has 88 valence electrons. The molecule has 2 unspecified atom stereocenters. The molecule has 1 aliphatic rings. The molecule has 1 saturated heterocycles. The molecule has 0 spiro atoms. The van der Waals surface area contributed by atoms with Crippen molar-refractivity contribution in [3.8, 4) is 0 Å². The summed E-state index contributed by atoms with van der Waals surface area (Å²) in [6.07, 6.45) is 0.157. The topological polar surface area (TPSA) is 41.6 Å². The van der Waals surface area contributed by atoms with Gasteiger partial charge in [0.25, 0.3) is 0 Å². The molecule has 1 N–H and O–H groups in total. The molecular formula is C11H22N2O2. The maximum atomic E-state index is 11.9. The normalized spacial score (nSPS) is 27.1. The zero-order valence-electron chi connectivity index (χ0n) is 10.1. The van der Waals surface area contributed by atoms with E-state index in [0.29, 0.717) is 25.7 Å². The van der Waals surface area contributed by atoms with Crippen molar-refractivity contribution in [2.45, 2.75) is 45.9 Å². The number of morpholine rings is 1. The first-order valence-electron chi connectivity index (χ1n) is 5.65. The van der Waals surface area contributed by atoms with Gasteiger partial charge in [0.05, 0.1) is 25.3 Å². The van der Waals surface area contributed by atoms with Crippen LogP contribution in [-0.2, 0) is 9.53 Å². The predicted octanol–water partition coefficient (Wildman–Crippen LogP) is 0.620. The molecule has 0 bridgehead atoms. The molecule has 0 saturated carbocycles. The van der Waals surface area contributed by atoms with Gasteiger partial charge in [-0.1, -0.05) is 13.8 Å². The van der Waals surface area contributed by atoms with Crippen molar-refractivity contribution in [3.05, 3.63) is 0 Å². The lowest BCUT2D eigenvalue weighted by Gasteiger charge is -2.37. The number of carbonyl (C=O) groups excluding carboxylic acids is 1. The number of hydrogen-bond donors (Lipinski definition) is 1. The first-order chi connectivity index (χ1) is 7.00. The minimum atomic E-state index is 0.157. The van der Waals surface area contributed by atoms with E-state index in [9.17, 15) is 4.79 Å². The molecule has 0 aromatic heterocycles. The molecule has 15 heavy (non-hydrogen) atoms. The lowest BCUT2D eigenvalue weighted by atomic mass is 10.2. The number of carbonyl (C=O) groups is 1. The lowest BCUT2D eigenvalue weighted by Crippen LogP contribution is -2.52. The van der Waals surface area contributed by atoms with E-state index in [0.717, 1.165) is 0 Å². The van der Waals surface area contributed by atoms with Gasteiger partial charge in [-0.3, -0.25) is 4.79 Å². The van der Waals surface area contributed by atoms with Crippen molar-refractivity contribution in [2.24, 2.45) is 0 Å². The fourth-order valence-electron chi connectivity index (χ4n) is 1.64. The Labute approximate surface area is 92.0 Å². The molecular weight excluding hydrogens is 192 g/mol. The number of ether oxygens (including phenoxy) is 1. The third-order valence-electron chi connectivity index (χ3n) is 2.59. The molecule has 0 aromatic carbocycles. The summed E-state index contributed by atoms with van der Waals surface area (Å²) in [5.41, 5.74) is 0. The predicted molar refractivity (Wildman–Crippen MR) is 59.7 cm³/mol. The molecule has 0 aromatic rings. The summed E-state index contributed by atoms with van der Waals surface area (Å²) in [7, 11) is 0. The van der Waals surface area contributed by atoms with Crippen LogP contribution in [0.25, 0.3) is 0 Å². The van der Waals surface area contributed by atoms with Crippen LogP contribution in [0.3, 0.4) is 0 Å². The van der Waals surface area contributed by atoms with Gasteiger partial charge in [0.15, 0.2) is 0 Å². The smallest absolute Gasteiger partial charge is 0.236 e. The molecule has 1 heterocycles. The first kappa shape index (κ1) is 12.5. The summed E-state index contributed by atoms with van der Waals surface area (Å²) in [6, 6.07) is 0.547. The minimum absolute atomic E-state index is 0.157. The number of hydrogen-bond acceptors (Lipinski definition) is 3. The average Bonchev–Trinajstić information content (AvgIpc) is 2.18. The maximum absolute atomic E-state index is 11.9. The van der Waals surface area contributed by atoms with Gasteiger partial charge in [0, 0.05) is 12.6 Å². The van der Waals surface area contributed by atoms with Gasteiger partial charge in [-0.05, 0) is 13.8 Å². The second-order valence-corrected chi connectivity index (χ2v) is 4.57. The summed E-state index contributed by atoms with van der Waals surface area (Å²) < 4.78 is 5.48. The second-order valence-electron chi connectivity index (χ2n) is 4.57. The van der Waals surface area contributed by atoms with Crippen LogP contribution < -0.4 is 5.32 Å². The summed E-state index contributed by atoms with van der Waals surface area (Å²) in [5, 5.41) is 3.15. The van der Waals surface area contributed by atoms with E-state index >= 15 is 0 Å². The van der Waals surface area contributed by atoms with Crippen LogP contribution in [0.4, 0.5) is 0 Å². The van der Waals surface area contributed by atoms with Crippen LogP contribution in [0.2, 0.25) is 0 Å². The molecule has 1 aliphatic heterocycles.